The van der Waals surface area contributed by atoms with Crippen LogP contribution in [-0.2, 0) is 4.43 Å². The summed E-state index contributed by atoms with van der Waals surface area (Å²) in [6, 6.07) is 1.42. The van der Waals surface area contributed by atoms with Gasteiger partial charge in [0.2, 0.25) is 0 Å². The Kier molecular flexibility index (Phi) is 4.25. The molecule has 0 aromatic carbocycles. The Labute approximate surface area is 78.6 Å². The van der Waals surface area contributed by atoms with Gasteiger partial charge in [-0.05, 0) is 18.9 Å². The van der Waals surface area contributed by atoms with Crippen LogP contribution in [0, 0.1) is 0 Å². The molecule has 0 radical (unpaired) electrons. The minimum atomic E-state index is -2.99. The topological polar surface area (TPSA) is 9.23 Å². The van der Waals surface area contributed by atoms with E-state index < -0.39 is 12.1 Å². The highest BCUT2D eigenvalue weighted by atomic mass is 28.2. The first-order chi connectivity index (χ1) is 6.13. The van der Waals surface area contributed by atoms with Crippen LogP contribution in [0.5, 0.6) is 0 Å². The van der Waals surface area contributed by atoms with Gasteiger partial charge in [0.15, 0.2) is 15.9 Å². The Hall–Kier alpha value is -0.0331. The summed E-state index contributed by atoms with van der Waals surface area (Å²) in [6.07, 6.45) is 0.660. The molecule has 13 heavy (non-hydrogen) atoms. The van der Waals surface area contributed by atoms with Gasteiger partial charge < -0.3 is 4.43 Å². The molecule has 2 rings (SSSR count). The van der Waals surface area contributed by atoms with E-state index in [-0.39, 0.29) is 22.6 Å². The van der Waals surface area contributed by atoms with Crippen molar-refractivity contribution >= 4 is 9.76 Å². The second-order valence-corrected chi connectivity index (χ2v) is 4.96. The van der Waals surface area contributed by atoms with Crippen LogP contribution in [0.2, 0.25) is 6.04 Å². The highest BCUT2D eigenvalue weighted by Crippen LogP contribution is 2.39. The Morgan fingerprint density at radius 3 is 2.08 bits per heavy atom. The fraction of sp³-hybridized carbons (Fsp3) is 1.00. The van der Waals surface area contributed by atoms with Crippen molar-refractivity contribution in [3.05, 3.63) is 0 Å². The van der Waals surface area contributed by atoms with Gasteiger partial charge in [-0.2, -0.15) is 0 Å². The van der Waals surface area contributed by atoms with Gasteiger partial charge in [0.1, 0.15) is 0 Å². The Balaban J connectivity index is 0.000000132. The van der Waals surface area contributed by atoms with Crippen LogP contribution < -0.4 is 0 Å². The molecular formula is C8H15F3OSi. The lowest BCUT2D eigenvalue weighted by molar-refractivity contribution is -0.141. The zero-order valence-corrected chi connectivity index (χ0v) is 8.98. The normalized spacial score (nSPS) is 33.0. The zero-order valence-electron chi connectivity index (χ0n) is 7.57. The number of hydrogen-bond acceptors (Lipinski definition) is 1. The molecule has 78 valence electrons. The molecule has 0 amide bonds. The van der Waals surface area contributed by atoms with E-state index in [1.165, 1.54) is 18.9 Å². The minimum Gasteiger partial charge on any atom is -0.424 e. The molecule has 1 aliphatic carbocycles. The Morgan fingerprint density at radius 1 is 1.31 bits per heavy atom. The predicted octanol–water partition coefficient (Wildman–Crippen LogP) is 2.05. The molecule has 2 fully saturated rings. The second-order valence-electron chi connectivity index (χ2n) is 3.44. The number of rotatable bonds is 0. The van der Waals surface area contributed by atoms with Crippen LogP contribution in [-0.4, -0.2) is 28.5 Å². The van der Waals surface area contributed by atoms with Gasteiger partial charge >= 0.3 is 0 Å². The molecule has 0 aromatic heterocycles. The third kappa shape index (κ3) is 3.68. The molecule has 0 spiro atoms. The van der Waals surface area contributed by atoms with Crippen LogP contribution in [0.4, 0.5) is 13.2 Å². The number of alkyl halides is 3. The fourth-order valence-corrected chi connectivity index (χ4v) is 2.33. The van der Waals surface area contributed by atoms with Crippen LogP contribution in [0.1, 0.15) is 25.7 Å². The predicted molar refractivity (Wildman–Crippen MR) is 47.6 cm³/mol. The first-order valence-electron chi connectivity index (χ1n) is 4.72. The average Bonchev–Trinajstić information content (AvgIpc) is 2.19. The van der Waals surface area contributed by atoms with Gasteiger partial charge in [-0.15, -0.1) is 0 Å². The van der Waals surface area contributed by atoms with Gasteiger partial charge in [-0.3, -0.25) is 0 Å². The Morgan fingerprint density at radius 2 is 2.00 bits per heavy atom. The summed E-state index contributed by atoms with van der Waals surface area (Å²) in [7, 11) is 0.00849. The first-order valence-corrected chi connectivity index (χ1v) is 6.30. The van der Waals surface area contributed by atoms with E-state index in [4.69, 9.17) is 4.43 Å². The summed E-state index contributed by atoms with van der Waals surface area (Å²) >= 11 is 0. The van der Waals surface area contributed by atoms with Crippen molar-refractivity contribution in [2.75, 3.05) is 6.61 Å². The van der Waals surface area contributed by atoms with Crippen molar-refractivity contribution in [3.63, 3.8) is 0 Å². The summed E-state index contributed by atoms with van der Waals surface area (Å²) in [6.45, 7) is 1.06. The van der Waals surface area contributed by atoms with Gasteiger partial charge in [0, 0.05) is 13.0 Å². The minimum absolute atomic E-state index is 0.00849. The van der Waals surface area contributed by atoms with Crippen LogP contribution in [0.25, 0.3) is 0 Å². The summed E-state index contributed by atoms with van der Waals surface area (Å²) in [5, 5.41) is 0. The monoisotopic (exact) mass is 212 g/mol. The summed E-state index contributed by atoms with van der Waals surface area (Å²) < 4.78 is 39.9. The molecule has 1 nitrogen and oxygen atoms in total. The quantitative estimate of drug-likeness (QED) is 0.558. The third-order valence-corrected chi connectivity index (χ3v) is 3.63. The van der Waals surface area contributed by atoms with Gasteiger partial charge in [0.25, 0.3) is 5.92 Å². The second kappa shape index (κ2) is 5.00. The largest absolute Gasteiger partial charge is 0.424 e. The maximum absolute atomic E-state index is 11.6. The lowest BCUT2D eigenvalue weighted by Gasteiger charge is -2.29. The van der Waals surface area contributed by atoms with Crippen molar-refractivity contribution in [2.24, 2.45) is 0 Å². The van der Waals surface area contributed by atoms with E-state index in [1.807, 2.05) is 0 Å². The lowest BCUT2D eigenvalue weighted by atomic mass is 9.93. The van der Waals surface area contributed by atoms with Crippen molar-refractivity contribution in [1.82, 2.24) is 0 Å². The van der Waals surface area contributed by atoms with E-state index in [2.05, 4.69) is 0 Å². The molecule has 1 unspecified atom stereocenters. The van der Waals surface area contributed by atoms with E-state index in [0.717, 1.165) is 6.61 Å². The smallest absolute Gasteiger partial charge is 0.278 e. The molecular weight excluding hydrogens is 197 g/mol. The van der Waals surface area contributed by atoms with E-state index in [9.17, 15) is 13.2 Å². The van der Waals surface area contributed by atoms with Crippen molar-refractivity contribution in [3.8, 4) is 0 Å². The highest BCUT2D eigenvalue weighted by molar-refractivity contribution is 6.27. The molecule has 1 atom stereocenters. The van der Waals surface area contributed by atoms with E-state index >= 15 is 0 Å². The molecule has 0 bridgehead atoms. The number of halogens is 3. The molecule has 1 heterocycles. The molecule has 5 heteroatoms. The first kappa shape index (κ1) is 11.0. The zero-order chi connectivity index (χ0) is 9.73. The standard InChI is InChI=1S/C4H5F3.C4H10OSi/c5-3-1-2-4(3,6)7;1-2-4-6-5-3-1/h3H,1-2H2;1-4,6H2. The molecule has 1 saturated carbocycles. The van der Waals surface area contributed by atoms with E-state index in [0.29, 0.717) is 0 Å². The van der Waals surface area contributed by atoms with Crippen molar-refractivity contribution < 1.29 is 17.6 Å². The van der Waals surface area contributed by atoms with Crippen LogP contribution in [0.3, 0.4) is 0 Å². The summed E-state index contributed by atoms with van der Waals surface area (Å²) in [4.78, 5) is 0. The van der Waals surface area contributed by atoms with Crippen LogP contribution >= 0.6 is 0 Å². The van der Waals surface area contributed by atoms with Crippen molar-refractivity contribution in [2.45, 2.75) is 43.8 Å². The van der Waals surface area contributed by atoms with E-state index in [1.54, 1.807) is 0 Å². The van der Waals surface area contributed by atoms with Gasteiger partial charge in [-0.1, -0.05) is 6.42 Å². The number of hydrogen-bond donors (Lipinski definition) is 0. The SMILES string of the molecule is C1CC[SiH2]OC1.FC1CCC1(F)F. The maximum atomic E-state index is 11.6. The molecule has 0 aromatic rings. The highest BCUT2D eigenvalue weighted by Gasteiger charge is 2.48. The summed E-state index contributed by atoms with van der Waals surface area (Å²) in [5.74, 6) is -2.99. The maximum Gasteiger partial charge on any atom is 0.278 e. The van der Waals surface area contributed by atoms with Gasteiger partial charge in [-0.25, -0.2) is 13.2 Å². The molecule has 1 aliphatic heterocycles. The Bertz CT molecular complexity index is 139. The fourth-order valence-electron chi connectivity index (χ4n) is 1.16. The molecule has 1 saturated heterocycles. The average molecular weight is 212 g/mol. The third-order valence-electron chi connectivity index (χ3n) is 2.27. The lowest BCUT2D eigenvalue weighted by Crippen LogP contribution is -2.40. The molecule has 2 aliphatic rings. The van der Waals surface area contributed by atoms with Gasteiger partial charge in [0.05, 0.1) is 0 Å². The molecule has 0 N–H and O–H groups in total. The van der Waals surface area contributed by atoms with Crippen LogP contribution in [0.15, 0.2) is 0 Å². The summed E-state index contributed by atoms with van der Waals surface area (Å²) in [5.41, 5.74) is 0. The van der Waals surface area contributed by atoms with Crippen molar-refractivity contribution in [1.29, 1.82) is 0 Å².